The number of fused-ring (bicyclic) bond motifs is 2. The van der Waals surface area contributed by atoms with Crippen LogP contribution in [0.25, 0.3) is 0 Å². The number of hydrogen-bond donors (Lipinski definition) is 0. The molecule has 2 bridgehead atoms. The molecular formula is C19H22N2O4. The molecule has 2 fully saturated rings. The third kappa shape index (κ3) is 3.19. The van der Waals surface area contributed by atoms with Gasteiger partial charge in [-0.15, -0.1) is 0 Å². The topological polar surface area (TPSA) is 64.8 Å². The molecule has 3 heterocycles. The minimum Gasteiger partial charge on any atom is -0.469 e. The van der Waals surface area contributed by atoms with Crippen molar-refractivity contribution in [1.29, 1.82) is 0 Å². The number of carbonyl (C=O) groups excluding carboxylic acids is 1. The Bertz CT molecular complexity index is 730. The van der Waals surface area contributed by atoms with E-state index in [2.05, 4.69) is 4.98 Å². The summed E-state index contributed by atoms with van der Waals surface area (Å²) in [6, 6.07) is 5.66. The van der Waals surface area contributed by atoms with Crippen LogP contribution in [-0.2, 0) is 16.1 Å². The van der Waals surface area contributed by atoms with Gasteiger partial charge in [-0.3, -0.25) is 9.78 Å². The van der Waals surface area contributed by atoms with Crippen molar-refractivity contribution in [2.75, 3.05) is 13.2 Å². The maximum Gasteiger partial charge on any atom is 0.257 e. The van der Waals surface area contributed by atoms with E-state index in [0.717, 1.165) is 18.4 Å². The first-order valence-electron chi connectivity index (χ1n) is 8.71. The molecule has 3 atom stereocenters. The molecule has 1 aliphatic carbocycles. The maximum atomic E-state index is 13.0. The molecule has 1 amide bonds. The molecule has 0 unspecified atom stereocenters. The lowest BCUT2D eigenvalue weighted by atomic mass is 10.1. The number of rotatable bonds is 4. The maximum absolute atomic E-state index is 13.0. The Morgan fingerprint density at radius 1 is 1.40 bits per heavy atom. The summed E-state index contributed by atoms with van der Waals surface area (Å²) < 4.78 is 17.4. The van der Waals surface area contributed by atoms with Gasteiger partial charge in [0.25, 0.3) is 5.91 Å². The highest BCUT2D eigenvalue weighted by molar-refractivity contribution is 5.95. The number of aromatic nitrogens is 1. The molecule has 1 saturated heterocycles. The van der Waals surface area contributed by atoms with Crippen LogP contribution in [0, 0.1) is 6.92 Å². The second kappa shape index (κ2) is 6.98. The molecule has 132 valence electrons. The second-order valence-corrected chi connectivity index (χ2v) is 6.58. The number of carbonyl (C=O) groups is 1. The number of hydrogen-bond acceptors (Lipinski definition) is 5. The summed E-state index contributed by atoms with van der Waals surface area (Å²) in [4.78, 5) is 19.0. The summed E-state index contributed by atoms with van der Waals surface area (Å²) >= 11 is 0. The molecule has 2 aromatic heterocycles. The highest BCUT2D eigenvalue weighted by Gasteiger charge is 2.45. The first-order chi connectivity index (χ1) is 12.2. The third-order valence-electron chi connectivity index (χ3n) is 5.07. The Balaban J connectivity index is 1.52. The van der Waals surface area contributed by atoms with Crippen molar-refractivity contribution in [3.8, 4) is 0 Å². The van der Waals surface area contributed by atoms with Gasteiger partial charge in [0.05, 0.1) is 37.2 Å². The normalized spacial score (nSPS) is 25.8. The summed E-state index contributed by atoms with van der Waals surface area (Å²) in [6.45, 7) is 3.41. The minimum absolute atomic E-state index is 0.00243. The molecular weight excluding hydrogens is 320 g/mol. The van der Waals surface area contributed by atoms with Gasteiger partial charge >= 0.3 is 0 Å². The quantitative estimate of drug-likeness (QED) is 0.854. The third-order valence-corrected chi connectivity index (χ3v) is 5.07. The van der Waals surface area contributed by atoms with E-state index >= 15 is 0 Å². The molecule has 1 aliphatic heterocycles. The fraction of sp³-hybridized carbons (Fsp3) is 0.474. The zero-order valence-electron chi connectivity index (χ0n) is 14.3. The number of pyridine rings is 1. The molecule has 0 aromatic carbocycles. The zero-order valence-corrected chi connectivity index (χ0v) is 14.3. The van der Waals surface area contributed by atoms with E-state index in [9.17, 15) is 4.79 Å². The van der Waals surface area contributed by atoms with E-state index in [4.69, 9.17) is 13.9 Å². The van der Waals surface area contributed by atoms with Crippen LogP contribution in [0.2, 0.25) is 0 Å². The summed E-state index contributed by atoms with van der Waals surface area (Å²) in [5.41, 5.74) is 1.64. The second-order valence-electron chi connectivity index (χ2n) is 6.58. The van der Waals surface area contributed by atoms with Crippen LogP contribution in [0.5, 0.6) is 0 Å². The molecule has 0 N–H and O–H groups in total. The monoisotopic (exact) mass is 342 g/mol. The van der Waals surface area contributed by atoms with E-state index in [0.29, 0.717) is 31.1 Å². The molecule has 0 radical (unpaired) electrons. The molecule has 2 aliphatic rings. The first kappa shape index (κ1) is 16.3. The van der Waals surface area contributed by atoms with Crippen molar-refractivity contribution in [3.05, 3.63) is 53.7 Å². The van der Waals surface area contributed by atoms with Crippen molar-refractivity contribution in [2.24, 2.45) is 0 Å². The largest absolute Gasteiger partial charge is 0.469 e. The molecule has 0 spiro atoms. The first-order valence-corrected chi connectivity index (χ1v) is 8.71. The van der Waals surface area contributed by atoms with Gasteiger partial charge in [0, 0.05) is 18.9 Å². The van der Waals surface area contributed by atoms with Gasteiger partial charge in [-0.1, -0.05) is 6.07 Å². The van der Waals surface area contributed by atoms with Gasteiger partial charge < -0.3 is 18.8 Å². The fourth-order valence-corrected chi connectivity index (χ4v) is 3.80. The number of aryl methyl sites for hydroxylation is 1. The highest BCUT2D eigenvalue weighted by atomic mass is 16.5. The van der Waals surface area contributed by atoms with Crippen LogP contribution in [0.4, 0.5) is 0 Å². The molecule has 2 aromatic rings. The molecule has 1 saturated carbocycles. The number of furan rings is 1. The average Bonchev–Trinajstić information content (AvgIpc) is 3.17. The van der Waals surface area contributed by atoms with Crippen molar-refractivity contribution in [1.82, 2.24) is 9.88 Å². The van der Waals surface area contributed by atoms with Crippen LogP contribution >= 0.6 is 0 Å². The predicted octanol–water partition coefficient (Wildman–Crippen LogP) is 2.57. The molecule has 25 heavy (non-hydrogen) atoms. The summed E-state index contributed by atoms with van der Waals surface area (Å²) in [5, 5.41) is 0. The van der Waals surface area contributed by atoms with Gasteiger partial charge in [0.15, 0.2) is 0 Å². The highest BCUT2D eigenvalue weighted by Crippen LogP contribution is 2.33. The van der Waals surface area contributed by atoms with Crippen LogP contribution < -0.4 is 0 Å². The van der Waals surface area contributed by atoms with Crippen molar-refractivity contribution < 1.29 is 18.7 Å². The summed E-state index contributed by atoms with van der Waals surface area (Å²) in [7, 11) is 0. The lowest BCUT2D eigenvalue weighted by molar-refractivity contribution is -0.0598. The standard InChI is InChI=1S/C19H22N2O4/c1-13-15(6-9-23-13)19(22)21-8-10-24-17-5-4-16(21)18(17)25-12-14-3-2-7-20-11-14/h2-3,6-7,9,11,16-18H,4-5,8,10,12H2,1H3/t16-,17-,18-/m0/s1. The Hall–Kier alpha value is -2.18. The predicted molar refractivity (Wildman–Crippen MR) is 90.1 cm³/mol. The zero-order chi connectivity index (χ0) is 17.2. The van der Waals surface area contributed by atoms with Crippen LogP contribution in [0.3, 0.4) is 0 Å². The Morgan fingerprint density at radius 3 is 3.08 bits per heavy atom. The lowest BCUT2D eigenvalue weighted by Crippen LogP contribution is -2.46. The van der Waals surface area contributed by atoms with Gasteiger partial charge in [0.1, 0.15) is 11.9 Å². The Labute approximate surface area is 146 Å². The lowest BCUT2D eigenvalue weighted by Gasteiger charge is -2.31. The van der Waals surface area contributed by atoms with E-state index in [-0.39, 0.29) is 24.2 Å². The van der Waals surface area contributed by atoms with Gasteiger partial charge in [0.2, 0.25) is 0 Å². The Morgan fingerprint density at radius 2 is 2.32 bits per heavy atom. The number of amides is 1. The van der Waals surface area contributed by atoms with Gasteiger partial charge in [-0.25, -0.2) is 0 Å². The van der Waals surface area contributed by atoms with E-state index < -0.39 is 0 Å². The van der Waals surface area contributed by atoms with E-state index in [1.54, 1.807) is 24.7 Å². The fourth-order valence-electron chi connectivity index (χ4n) is 3.80. The van der Waals surface area contributed by atoms with E-state index in [1.165, 1.54) is 0 Å². The Kier molecular flexibility index (Phi) is 4.55. The molecule has 4 rings (SSSR count). The number of ether oxygens (including phenoxy) is 2. The molecule has 6 nitrogen and oxygen atoms in total. The van der Waals surface area contributed by atoms with E-state index in [1.807, 2.05) is 24.0 Å². The van der Waals surface area contributed by atoms with Crippen LogP contribution in [0.15, 0.2) is 41.3 Å². The van der Waals surface area contributed by atoms with Gasteiger partial charge in [-0.2, -0.15) is 0 Å². The number of nitrogens with zero attached hydrogens (tertiary/aromatic N) is 2. The molecule has 6 heteroatoms. The van der Waals surface area contributed by atoms with Crippen molar-refractivity contribution >= 4 is 5.91 Å². The van der Waals surface area contributed by atoms with Crippen molar-refractivity contribution in [3.63, 3.8) is 0 Å². The van der Waals surface area contributed by atoms with Gasteiger partial charge in [-0.05, 0) is 37.5 Å². The summed E-state index contributed by atoms with van der Waals surface area (Å²) in [5.74, 6) is 0.648. The van der Waals surface area contributed by atoms with Crippen LogP contribution in [0.1, 0.15) is 34.5 Å². The van der Waals surface area contributed by atoms with Crippen molar-refractivity contribution in [2.45, 2.75) is 44.6 Å². The minimum atomic E-state index is -0.112. The average molecular weight is 342 g/mol. The SMILES string of the molecule is Cc1occc1C(=O)N1CCO[C@H]2CC[C@H]1[C@@H]2OCc1cccnc1. The van der Waals surface area contributed by atoms with Crippen LogP contribution in [-0.4, -0.2) is 47.2 Å². The smallest absolute Gasteiger partial charge is 0.257 e. The summed E-state index contributed by atoms with van der Waals surface area (Å²) in [6.07, 6.45) is 6.85.